The first-order chi connectivity index (χ1) is 10.6. The summed E-state index contributed by atoms with van der Waals surface area (Å²) in [6.07, 6.45) is 2.74. The molecule has 0 amide bonds. The molecule has 0 spiro atoms. The number of carboxylic acid groups (broad SMARTS) is 1. The second kappa shape index (κ2) is 8.51. The van der Waals surface area contributed by atoms with E-state index in [1.54, 1.807) is 12.1 Å². The average molecular weight is 324 g/mol. The second-order valence-corrected chi connectivity index (χ2v) is 5.33. The molecule has 0 atom stereocenters. The number of unbranched alkanes of at least 4 members (excludes halogenated alkanes) is 2. The summed E-state index contributed by atoms with van der Waals surface area (Å²) in [5.41, 5.74) is 0.792. The van der Waals surface area contributed by atoms with E-state index >= 15 is 0 Å². The largest absolute Gasteiger partial charge is 0.481 e. The topological polar surface area (TPSA) is 88.2 Å². The standard InChI is InChI=1S/C15H18ClN3O3/c16-12-6-4-5-11(9-12)15-19-18-13(22-15)10-17-8-3-1-2-7-14(20)21/h4-6,9,17H,1-3,7-8,10H2,(H,20,21). The van der Waals surface area contributed by atoms with E-state index < -0.39 is 5.97 Å². The predicted molar refractivity (Wildman–Crippen MR) is 82.6 cm³/mol. The van der Waals surface area contributed by atoms with Crippen molar-refractivity contribution in [2.24, 2.45) is 0 Å². The number of benzene rings is 1. The highest BCUT2D eigenvalue weighted by molar-refractivity contribution is 6.30. The molecule has 1 aromatic heterocycles. The van der Waals surface area contributed by atoms with Crippen LogP contribution in [0.3, 0.4) is 0 Å². The molecule has 0 fully saturated rings. The summed E-state index contributed by atoms with van der Waals surface area (Å²) in [7, 11) is 0. The highest BCUT2D eigenvalue weighted by Crippen LogP contribution is 2.21. The van der Waals surface area contributed by atoms with Gasteiger partial charge >= 0.3 is 5.97 Å². The van der Waals surface area contributed by atoms with Crippen LogP contribution in [-0.4, -0.2) is 27.8 Å². The molecule has 0 saturated heterocycles. The van der Waals surface area contributed by atoms with Crippen LogP contribution in [0, 0.1) is 0 Å². The Labute approximate surface area is 133 Å². The van der Waals surface area contributed by atoms with Crippen LogP contribution in [-0.2, 0) is 11.3 Å². The van der Waals surface area contributed by atoms with Crippen molar-refractivity contribution in [2.75, 3.05) is 6.54 Å². The number of carboxylic acids is 1. The third-order valence-corrected chi connectivity index (χ3v) is 3.29. The van der Waals surface area contributed by atoms with Gasteiger partial charge in [0.15, 0.2) is 0 Å². The number of nitrogens with zero attached hydrogens (tertiary/aromatic N) is 2. The van der Waals surface area contributed by atoms with Crippen molar-refractivity contribution in [2.45, 2.75) is 32.2 Å². The Balaban J connectivity index is 1.70. The van der Waals surface area contributed by atoms with Crippen LogP contribution in [0.5, 0.6) is 0 Å². The molecule has 6 nitrogen and oxygen atoms in total. The third-order valence-electron chi connectivity index (χ3n) is 3.06. The molecular formula is C15H18ClN3O3. The zero-order chi connectivity index (χ0) is 15.8. The highest BCUT2D eigenvalue weighted by atomic mass is 35.5. The summed E-state index contributed by atoms with van der Waals surface area (Å²) in [4.78, 5) is 10.4. The van der Waals surface area contributed by atoms with Gasteiger partial charge in [0, 0.05) is 17.0 Å². The molecule has 0 aliphatic rings. The van der Waals surface area contributed by atoms with Crippen LogP contribution in [0.2, 0.25) is 5.02 Å². The zero-order valence-corrected chi connectivity index (χ0v) is 12.8. The number of halogens is 1. The van der Waals surface area contributed by atoms with Crippen LogP contribution in [0.1, 0.15) is 31.6 Å². The molecule has 2 rings (SSSR count). The van der Waals surface area contributed by atoms with Crippen LogP contribution >= 0.6 is 11.6 Å². The van der Waals surface area contributed by atoms with Gasteiger partial charge in [-0.15, -0.1) is 10.2 Å². The SMILES string of the molecule is O=C(O)CCCCCNCc1nnc(-c2cccc(Cl)c2)o1. The van der Waals surface area contributed by atoms with E-state index in [9.17, 15) is 4.79 Å². The van der Waals surface area contributed by atoms with E-state index in [-0.39, 0.29) is 6.42 Å². The minimum atomic E-state index is -0.743. The number of rotatable bonds is 9. The van der Waals surface area contributed by atoms with Crippen molar-refractivity contribution < 1.29 is 14.3 Å². The summed E-state index contributed by atoms with van der Waals surface area (Å²) in [6, 6.07) is 7.25. The summed E-state index contributed by atoms with van der Waals surface area (Å²) in [5.74, 6) is 0.216. The fourth-order valence-electron chi connectivity index (χ4n) is 1.96. The number of aliphatic carboxylic acids is 1. The normalized spacial score (nSPS) is 10.8. The number of hydrogen-bond donors (Lipinski definition) is 2. The van der Waals surface area contributed by atoms with E-state index in [0.29, 0.717) is 29.8 Å². The van der Waals surface area contributed by atoms with Gasteiger partial charge in [-0.1, -0.05) is 24.1 Å². The molecule has 7 heteroatoms. The molecule has 1 aromatic carbocycles. The Hall–Kier alpha value is -1.92. The first-order valence-electron chi connectivity index (χ1n) is 7.16. The summed E-state index contributed by atoms with van der Waals surface area (Å²) < 4.78 is 5.56. The first-order valence-corrected chi connectivity index (χ1v) is 7.54. The molecule has 118 valence electrons. The van der Waals surface area contributed by atoms with E-state index in [1.165, 1.54) is 0 Å². The van der Waals surface area contributed by atoms with Gasteiger partial charge in [-0.25, -0.2) is 0 Å². The molecular weight excluding hydrogens is 306 g/mol. The van der Waals surface area contributed by atoms with Gasteiger partial charge in [-0.3, -0.25) is 4.79 Å². The second-order valence-electron chi connectivity index (χ2n) is 4.89. The molecule has 0 saturated carbocycles. The lowest BCUT2D eigenvalue weighted by Gasteiger charge is -2.01. The molecule has 2 N–H and O–H groups in total. The number of carbonyl (C=O) groups is 1. The molecule has 0 bridgehead atoms. The quantitative estimate of drug-likeness (QED) is 0.689. The zero-order valence-electron chi connectivity index (χ0n) is 12.1. The molecule has 0 radical (unpaired) electrons. The smallest absolute Gasteiger partial charge is 0.303 e. The van der Waals surface area contributed by atoms with Gasteiger partial charge < -0.3 is 14.8 Å². The minimum Gasteiger partial charge on any atom is -0.481 e. The van der Waals surface area contributed by atoms with Crippen molar-refractivity contribution in [3.63, 3.8) is 0 Å². The lowest BCUT2D eigenvalue weighted by molar-refractivity contribution is -0.137. The number of aromatic nitrogens is 2. The van der Waals surface area contributed by atoms with Crippen LogP contribution in [0.4, 0.5) is 0 Å². The van der Waals surface area contributed by atoms with Crippen molar-refractivity contribution in [1.82, 2.24) is 15.5 Å². The average Bonchev–Trinajstić information content (AvgIpc) is 2.95. The monoisotopic (exact) mass is 323 g/mol. The van der Waals surface area contributed by atoms with E-state index in [2.05, 4.69) is 15.5 Å². The maximum Gasteiger partial charge on any atom is 0.303 e. The molecule has 1 heterocycles. The van der Waals surface area contributed by atoms with Gasteiger partial charge in [0.05, 0.1) is 6.54 Å². The maximum absolute atomic E-state index is 10.4. The Morgan fingerprint density at radius 2 is 2.14 bits per heavy atom. The molecule has 2 aromatic rings. The number of hydrogen-bond acceptors (Lipinski definition) is 5. The van der Waals surface area contributed by atoms with Crippen molar-refractivity contribution in [3.05, 3.63) is 35.2 Å². The van der Waals surface area contributed by atoms with Gasteiger partial charge in [0.2, 0.25) is 11.8 Å². The van der Waals surface area contributed by atoms with Crippen molar-refractivity contribution in [3.8, 4) is 11.5 Å². The first kappa shape index (κ1) is 16.5. The van der Waals surface area contributed by atoms with Crippen LogP contribution in [0.15, 0.2) is 28.7 Å². The van der Waals surface area contributed by atoms with Gasteiger partial charge in [-0.2, -0.15) is 0 Å². The number of nitrogens with one attached hydrogen (secondary N) is 1. The summed E-state index contributed by atoms with van der Waals surface area (Å²) >= 11 is 5.93. The molecule has 0 aliphatic carbocycles. The van der Waals surface area contributed by atoms with Gasteiger partial charge in [0.1, 0.15) is 0 Å². The lowest BCUT2D eigenvalue weighted by Crippen LogP contribution is -2.15. The molecule has 22 heavy (non-hydrogen) atoms. The molecule has 0 aliphatic heterocycles. The Morgan fingerprint density at radius 3 is 2.91 bits per heavy atom. The van der Waals surface area contributed by atoms with Crippen molar-refractivity contribution in [1.29, 1.82) is 0 Å². The van der Waals surface area contributed by atoms with E-state index in [1.807, 2.05) is 12.1 Å². The Kier molecular flexibility index (Phi) is 6.36. The third kappa shape index (κ3) is 5.46. The summed E-state index contributed by atoms with van der Waals surface area (Å²) in [6.45, 7) is 1.28. The summed E-state index contributed by atoms with van der Waals surface area (Å²) in [5, 5.41) is 20.3. The predicted octanol–water partition coefficient (Wildman–Crippen LogP) is 3.12. The van der Waals surface area contributed by atoms with E-state index in [4.69, 9.17) is 21.1 Å². The Bertz CT molecular complexity index is 616. The highest BCUT2D eigenvalue weighted by Gasteiger charge is 2.08. The van der Waals surface area contributed by atoms with E-state index in [0.717, 1.165) is 24.9 Å². The Morgan fingerprint density at radius 1 is 1.27 bits per heavy atom. The minimum absolute atomic E-state index is 0.229. The lowest BCUT2D eigenvalue weighted by atomic mass is 10.2. The van der Waals surface area contributed by atoms with Crippen LogP contribution in [0.25, 0.3) is 11.5 Å². The van der Waals surface area contributed by atoms with Crippen LogP contribution < -0.4 is 5.32 Å². The molecule has 0 unspecified atom stereocenters. The maximum atomic E-state index is 10.4. The fraction of sp³-hybridized carbons (Fsp3) is 0.400. The van der Waals surface area contributed by atoms with Crippen molar-refractivity contribution >= 4 is 17.6 Å². The van der Waals surface area contributed by atoms with Gasteiger partial charge in [0.25, 0.3) is 0 Å². The fourth-order valence-corrected chi connectivity index (χ4v) is 2.15. The van der Waals surface area contributed by atoms with Gasteiger partial charge in [-0.05, 0) is 37.6 Å².